The van der Waals surface area contributed by atoms with Crippen LogP contribution in [0.15, 0.2) is 54.7 Å². The normalized spacial score (nSPS) is 12.3. The Morgan fingerprint density at radius 1 is 1.11 bits per heavy atom. The molecule has 1 aromatic heterocycles. The molecule has 144 valence electrons. The minimum atomic E-state index is 0.0116. The summed E-state index contributed by atoms with van der Waals surface area (Å²) in [6, 6.07) is 15.8. The highest BCUT2D eigenvalue weighted by Gasteiger charge is 2.30. The molecular formula is C22H24N4O2. The highest BCUT2D eigenvalue weighted by Crippen LogP contribution is 2.38. The number of imidazole rings is 1. The third-order valence-corrected chi connectivity index (χ3v) is 5.22. The summed E-state index contributed by atoms with van der Waals surface area (Å²) in [6.45, 7) is 5.79. The van der Waals surface area contributed by atoms with Crippen molar-refractivity contribution >= 4 is 11.7 Å². The fourth-order valence-electron chi connectivity index (χ4n) is 3.68. The molecule has 2 amide bonds. The zero-order valence-corrected chi connectivity index (χ0v) is 16.4. The largest absolute Gasteiger partial charge is 0.497 e. The zero-order chi connectivity index (χ0) is 19.7. The lowest BCUT2D eigenvalue weighted by Gasteiger charge is -2.35. The van der Waals surface area contributed by atoms with Crippen LogP contribution in [0.1, 0.15) is 13.8 Å². The van der Waals surface area contributed by atoms with Crippen molar-refractivity contribution in [2.45, 2.75) is 20.5 Å². The van der Waals surface area contributed by atoms with Crippen molar-refractivity contribution in [1.82, 2.24) is 14.5 Å². The Balaban J connectivity index is 1.80. The maximum Gasteiger partial charge on any atom is 0.325 e. The number of para-hydroxylation sites is 1. The fraction of sp³-hybridized carbons (Fsp3) is 0.273. The molecule has 28 heavy (non-hydrogen) atoms. The van der Waals surface area contributed by atoms with E-state index >= 15 is 0 Å². The zero-order valence-electron chi connectivity index (χ0n) is 16.4. The van der Waals surface area contributed by atoms with E-state index in [2.05, 4.69) is 9.55 Å². The van der Waals surface area contributed by atoms with Crippen LogP contribution in [0.3, 0.4) is 0 Å². The molecule has 6 heteroatoms. The average Bonchev–Trinajstić information content (AvgIpc) is 3.18. The SMILES string of the molecule is CCN(CC)C(=O)N1Cn2c(cnc2-c2ccc(OC)cc2)-c2ccccc21. The topological polar surface area (TPSA) is 50.6 Å². The number of carbonyl (C=O) groups is 1. The molecule has 0 spiro atoms. The Morgan fingerprint density at radius 3 is 2.50 bits per heavy atom. The number of amides is 2. The number of hydrogen-bond donors (Lipinski definition) is 0. The van der Waals surface area contributed by atoms with E-state index in [1.165, 1.54) is 0 Å². The van der Waals surface area contributed by atoms with Gasteiger partial charge in [0.25, 0.3) is 0 Å². The minimum absolute atomic E-state index is 0.0116. The Kier molecular flexibility index (Phi) is 4.77. The van der Waals surface area contributed by atoms with Crippen molar-refractivity contribution < 1.29 is 9.53 Å². The predicted molar refractivity (Wildman–Crippen MR) is 110 cm³/mol. The molecule has 0 saturated heterocycles. The summed E-state index contributed by atoms with van der Waals surface area (Å²) in [5, 5.41) is 0. The molecule has 1 aliphatic rings. The minimum Gasteiger partial charge on any atom is -0.497 e. The first-order valence-electron chi connectivity index (χ1n) is 9.53. The van der Waals surface area contributed by atoms with Crippen molar-refractivity contribution in [3.63, 3.8) is 0 Å². The average molecular weight is 376 g/mol. The monoisotopic (exact) mass is 376 g/mol. The number of aromatic nitrogens is 2. The van der Waals surface area contributed by atoms with Crippen molar-refractivity contribution in [3.05, 3.63) is 54.7 Å². The Labute approximate surface area is 165 Å². The molecule has 2 heterocycles. The van der Waals surface area contributed by atoms with Crippen molar-refractivity contribution in [1.29, 1.82) is 0 Å². The molecule has 0 unspecified atom stereocenters. The molecule has 4 rings (SSSR count). The summed E-state index contributed by atoms with van der Waals surface area (Å²) >= 11 is 0. The van der Waals surface area contributed by atoms with E-state index in [0.29, 0.717) is 19.8 Å². The number of rotatable bonds is 4. The number of methoxy groups -OCH3 is 1. The number of carbonyl (C=O) groups excluding carboxylic acids is 1. The number of ether oxygens (including phenoxy) is 1. The second-order valence-corrected chi connectivity index (χ2v) is 6.67. The molecule has 0 radical (unpaired) electrons. The lowest BCUT2D eigenvalue weighted by Crippen LogP contribution is -2.45. The van der Waals surface area contributed by atoms with Gasteiger partial charge in [-0.25, -0.2) is 9.78 Å². The summed E-state index contributed by atoms with van der Waals surface area (Å²) in [6.07, 6.45) is 1.89. The maximum atomic E-state index is 13.2. The number of fused-ring (bicyclic) bond motifs is 3. The lowest BCUT2D eigenvalue weighted by molar-refractivity contribution is 0.208. The van der Waals surface area contributed by atoms with Gasteiger partial charge < -0.3 is 14.2 Å². The van der Waals surface area contributed by atoms with Crippen LogP contribution in [-0.4, -0.2) is 40.7 Å². The molecular weight excluding hydrogens is 352 g/mol. The fourth-order valence-corrected chi connectivity index (χ4v) is 3.68. The van der Waals surface area contributed by atoms with Gasteiger partial charge in [-0.15, -0.1) is 0 Å². The van der Waals surface area contributed by atoms with E-state index in [9.17, 15) is 4.79 Å². The van der Waals surface area contributed by atoms with Crippen LogP contribution in [-0.2, 0) is 6.67 Å². The standard InChI is InChI=1S/C22H24N4O2/c1-4-24(5-2)22(27)26-15-25-20(18-8-6-7-9-19(18)26)14-23-21(25)16-10-12-17(28-3)13-11-16/h6-14H,4-5,15H2,1-3H3. The Morgan fingerprint density at radius 2 is 1.82 bits per heavy atom. The molecule has 1 aliphatic heterocycles. The summed E-state index contributed by atoms with van der Waals surface area (Å²) in [7, 11) is 1.65. The van der Waals surface area contributed by atoms with Crippen LogP contribution >= 0.6 is 0 Å². The first kappa shape index (κ1) is 18.1. The van der Waals surface area contributed by atoms with Crippen LogP contribution in [0, 0.1) is 0 Å². The Hall–Kier alpha value is -3.28. The van der Waals surface area contributed by atoms with Gasteiger partial charge in [0.1, 0.15) is 18.2 Å². The summed E-state index contributed by atoms with van der Waals surface area (Å²) in [5.41, 5.74) is 3.95. The number of benzene rings is 2. The number of nitrogens with zero attached hydrogens (tertiary/aromatic N) is 4. The maximum absolute atomic E-state index is 13.2. The van der Waals surface area contributed by atoms with Crippen molar-refractivity contribution in [3.8, 4) is 28.4 Å². The van der Waals surface area contributed by atoms with Crippen LogP contribution < -0.4 is 9.64 Å². The van der Waals surface area contributed by atoms with E-state index in [0.717, 1.165) is 34.1 Å². The predicted octanol–water partition coefficient (Wildman–Crippen LogP) is 4.47. The first-order chi connectivity index (χ1) is 13.7. The van der Waals surface area contributed by atoms with Gasteiger partial charge in [0, 0.05) is 24.2 Å². The number of hydrogen-bond acceptors (Lipinski definition) is 3. The second-order valence-electron chi connectivity index (χ2n) is 6.67. The van der Waals surface area contributed by atoms with Gasteiger partial charge in [-0.3, -0.25) is 4.90 Å². The van der Waals surface area contributed by atoms with Gasteiger partial charge >= 0.3 is 6.03 Å². The van der Waals surface area contributed by atoms with E-state index in [1.807, 2.05) is 78.4 Å². The molecule has 0 bridgehead atoms. The molecule has 0 saturated carbocycles. The van der Waals surface area contributed by atoms with Crippen LogP contribution in [0.5, 0.6) is 5.75 Å². The highest BCUT2D eigenvalue weighted by molar-refractivity contribution is 5.97. The van der Waals surface area contributed by atoms with Crippen LogP contribution in [0.25, 0.3) is 22.6 Å². The molecule has 0 atom stereocenters. The van der Waals surface area contributed by atoms with Crippen molar-refractivity contribution in [2.75, 3.05) is 25.1 Å². The molecule has 0 N–H and O–H groups in total. The summed E-state index contributed by atoms with van der Waals surface area (Å²) in [5.74, 6) is 1.64. The van der Waals surface area contributed by atoms with E-state index in [1.54, 1.807) is 7.11 Å². The van der Waals surface area contributed by atoms with Gasteiger partial charge in [0.15, 0.2) is 0 Å². The molecule has 0 fully saturated rings. The Bertz CT molecular complexity index is 990. The summed E-state index contributed by atoms with van der Waals surface area (Å²) < 4.78 is 7.36. The molecule has 0 aliphatic carbocycles. The van der Waals surface area contributed by atoms with Gasteiger partial charge in [0.2, 0.25) is 0 Å². The van der Waals surface area contributed by atoms with E-state index in [-0.39, 0.29) is 6.03 Å². The third-order valence-electron chi connectivity index (χ3n) is 5.22. The first-order valence-corrected chi connectivity index (χ1v) is 9.53. The summed E-state index contributed by atoms with van der Waals surface area (Å²) in [4.78, 5) is 21.5. The van der Waals surface area contributed by atoms with Crippen LogP contribution in [0.4, 0.5) is 10.5 Å². The molecule has 2 aromatic carbocycles. The number of anilines is 1. The van der Waals surface area contributed by atoms with E-state index in [4.69, 9.17) is 4.74 Å². The molecule has 3 aromatic rings. The van der Waals surface area contributed by atoms with Gasteiger partial charge in [-0.05, 0) is 44.2 Å². The number of urea groups is 1. The van der Waals surface area contributed by atoms with Crippen molar-refractivity contribution in [2.24, 2.45) is 0 Å². The van der Waals surface area contributed by atoms with Gasteiger partial charge in [-0.1, -0.05) is 18.2 Å². The third kappa shape index (κ3) is 2.91. The van der Waals surface area contributed by atoms with Gasteiger partial charge in [-0.2, -0.15) is 0 Å². The quantitative estimate of drug-likeness (QED) is 0.675. The molecule has 6 nitrogen and oxygen atoms in total. The second kappa shape index (κ2) is 7.38. The van der Waals surface area contributed by atoms with Crippen LogP contribution in [0.2, 0.25) is 0 Å². The van der Waals surface area contributed by atoms with E-state index < -0.39 is 0 Å². The highest BCUT2D eigenvalue weighted by atomic mass is 16.5. The lowest BCUT2D eigenvalue weighted by atomic mass is 10.1. The smallest absolute Gasteiger partial charge is 0.325 e. The van der Waals surface area contributed by atoms with Gasteiger partial charge in [0.05, 0.1) is 24.7 Å².